The summed E-state index contributed by atoms with van der Waals surface area (Å²) in [4.78, 5) is 0. The van der Waals surface area contributed by atoms with Gasteiger partial charge in [-0.1, -0.05) is 0 Å². The van der Waals surface area contributed by atoms with E-state index in [1.807, 2.05) is 0 Å². The number of halogens is 2. The van der Waals surface area contributed by atoms with Gasteiger partial charge in [-0.3, -0.25) is 0 Å². The van der Waals surface area contributed by atoms with Crippen molar-refractivity contribution < 1.29 is 0 Å². The second-order valence-corrected chi connectivity index (χ2v) is 17.7. The van der Waals surface area contributed by atoms with Gasteiger partial charge in [0.15, 0.2) is 0 Å². The molecule has 0 nitrogen and oxygen atoms in total. The van der Waals surface area contributed by atoms with Crippen LogP contribution in [-0.4, -0.2) is 21.2 Å². The zero-order valence-electron chi connectivity index (χ0n) is 2.17. The summed E-state index contributed by atoms with van der Waals surface area (Å²) in [5.41, 5.74) is 0. The van der Waals surface area contributed by atoms with E-state index in [2.05, 4.69) is 0 Å². The standard InChI is InChI=1S/Cl2GeH4Si/c1-3-4-2/h3-4H2. The fourth-order valence-electron chi connectivity index (χ4n) is 0. The molecule has 0 aliphatic heterocycles. The van der Waals surface area contributed by atoms with Gasteiger partial charge in [0.25, 0.3) is 0 Å². The van der Waals surface area contributed by atoms with Crippen molar-refractivity contribution in [2.24, 2.45) is 0 Å². The number of hydrogen-bond donors (Lipinski definition) is 0. The molecule has 0 aromatic heterocycles. The van der Waals surface area contributed by atoms with Gasteiger partial charge < -0.3 is 0 Å². The molecule has 0 N–H and O–H groups in total. The SMILES string of the molecule is Cl[SiH2][GeH2][Cl]. The molecule has 0 atom stereocenters. The van der Waals surface area contributed by atoms with Crippen molar-refractivity contribution in [2.45, 2.75) is 0 Å². The quantitative estimate of drug-likeness (QED) is 0.374. The molecule has 0 spiro atoms. The Balaban J connectivity index is 1.97. The molecular formula is H4Cl2GeSi. The molecule has 4 heteroatoms. The Morgan fingerprint density at radius 3 is 2.00 bits per heavy atom. The molecular weight excluding hydrogens is 172 g/mol. The van der Waals surface area contributed by atoms with Gasteiger partial charge >= 0.3 is 42.3 Å². The maximum atomic E-state index is 5.30. The second kappa shape index (κ2) is 4.34. The van der Waals surface area contributed by atoms with Gasteiger partial charge in [-0.05, 0) is 0 Å². The van der Waals surface area contributed by atoms with E-state index in [0.29, 0.717) is 0 Å². The van der Waals surface area contributed by atoms with Gasteiger partial charge in [0.2, 0.25) is 0 Å². The predicted molar refractivity (Wildman–Crippen MR) is 28.8 cm³/mol. The minimum atomic E-state index is -0.512. The van der Waals surface area contributed by atoms with Crippen LogP contribution in [0, 0.1) is 0 Å². The molecule has 0 radical (unpaired) electrons. The van der Waals surface area contributed by atoms with Gasteiger partial charge in [-0.15, -0.1) is 0 Å². The summed E-state index contributed by atoms with van der Waals surface area (Å²) in [6.45, 7) is 0. The Morgan fingerprint density at radius 2 is 2.00 bits per heavy atom. The molecule has 0 saturated carbocycles. The minimum absolute atomic E-state index is 0.150. The molecule has 0 amide bonds. The maximum absolute atomic E-state index is 5.30. The van der Waals surface area contributed by atoms with Crippen LogP contribution in [0.1, 0.15) is 0 Å². The van der Waals surface area contributed by atoms with E-state index in [0.717, 1.165) is 0 Å². The second-order valence-electron chi connectivity index (χ2n) is 0.378. The summed E-state index contributed by atoms with van der Waals surface area (Å²) in [6.07, 6.45) is 0. The fraction of sp³-hybridized carbons (Fsp3) is 0. The molecule has 0 heterocycles. The summed E-state index contributed by atoms with van der Waals surface area (Å²) >= 11 is 4.76. The first-order valence-corrected chi connectivity index (χ1v) is 14.4. The van der Waals surface area contributed by atoms with E-state index in [1.54, 1.807) is 0 Å². The Kier molecular flexibility index (Phi) is 5.79. The van der Waals surface area contributed by atoms with E-state index < -0.39 is 13.9 Å². The Labute approximate surface area is 42.5 Å². The predicted octanol–water partition coefficient (Wildman–Crippen LogP) is -0.453. The van der Waals surface area contributed by atoms with Crippen molar-refractivity contribution in [3.8, 4) is 0 Å². The summed E-state index contributed by atoms with van der Waals surface area (Å²) in [5.74, 6) is 0. The van der Waals surface area contributed by atoms with Crippen molar-refractivity contribution >= 4 is 42.3 Å². The molecule has 0 rings (SSSR count). The van der Waals surface area contributed by atoms with Crippen molar-refractivity contribution in [3.05, 3.63) is 0 Å². The van der Waals surface area contributed by atoms with Gasteiger partial charge in [0.1, 0.15) is 0 Å². The van der Waals surface area contributed by atoms with Crippen LogP contribution in [0.15, 0.2) is 0 Å². The summed E-state index contributed by atoms with van der Waals surface area (Å²) in [5, 5.41) is 0. The topological polar surface area (TPSA) is 0 Å². The first-order valence-electron chi connectivity index (χ1n) is 1.03. The van der Waals surface area contributed by atoms with E-state index in [9.17, 15) is 0 Å². The number of rotatable bonds is 1. The van der Waals surface area contributed by atoms with E-state index in [4.69, 9.17) is 21.1 Å². The van der Waals surface area contributed by atoms with Gasteiger partial charge in [-0.25, -0.2) is 0 Å². The monoisotopic (exact) mass is 176 g/mol. The molecule has 26 valence electrons. The van der Waals surface area contributed by atoms with Crippen LogP contribution in [-0.2, 0) is 0 Å². The van der Waals surface area contributed by atoms with E-state index in [1.165, 1.54) is 0 Å². The zero-order chi connectivity index (χ0) is 3.41. The van der Waals surface area contributed by atoms with Crippen LogP contribution in [0.5, 0.6) is 0 Å². The third-order valence-corrected chi connectivity index (χ3v) is 10.0. The fourth-order valence-corrected chi connectivity index (χ4v) is 0. The molecule has 0 fully saturated rings. The van der Waals surface area contributed by atoms with E-state index >= 15 is 0 Å². The third-order valence-electron chi connectivity index (χ3n) is 0.0714. The zero-order valence-corrected chi connectivity index (χ0v) is 8.06. The molecule has 0 unspecified atom stereocenters. The van der Waals surface area contributed by atoms with Crippen molar-refractivity contribution in [2.75, 3.05) is 0 Å². The van der Waals surface area contributed by atoms with Crippen molar-refractivity contribution in [3.63, 3.8) is 0 Å². The Bertz CT molecular complexity index is 8.00. The average Bonchev–Trinajstić information content (AvgIpc) is 1.37. The van der Waals surface area contributed by atoms with Crippen molar-refractivity contribution in [1.29, 1.82) is 0 Å². The first-order chi connectivity index (χ1) is 1.91. The van der Waals surface area contributed by atoms with Gasteiger partial charge in [0, 0.05) is 0 Å². The third kappa shape index (κ3) is 3.34. The molecule has 4 heavy (non-hydrogen) atoms. The van der Waals surface area contributed by atoms with Crippen LogP contribution in [0.2, 0.25) is 0 Å². The average molecular weight is 176 g/mol. The molecule has 0 aromatic rings. The molecule has 0 aliphatic carbocycles. The van der Waals surface area contributed by atoms with E-state index in [-0.39, 0.29) is 7.35 Å². The van der Waals surface area contributed by atoms with Crippen LogP contribution in [0.25, 0.3) is 0 Å². The molecule has 0 bridgehead atoms. The Hall–Kier alpha value is 1.34. The van der Waals surface area contributed by atoms with Crippen LogP contribution in [0.4, 0.5) is 0 Å². The number of hydrogen-bond acceptors (Lipinski definition) is 0. The normalized spacial score (nSPS) is 13.5. The summed E-state index contributed by atoms with van der Waals surface area (Å²) in [7, 11) is 5.15. The van der Waals surface area contributed by atoms with Gasteiger partial charge in [0.05, 0.1) is 0 Å². The summed E-state index contributed by atoms with van der Waals surface area (Å²) < 4.78 is 0. The molecule has 0 saturated heterocycles. The van der Waals surface area contributed by atoms with Crippen LogP contribution < -0.4 is 0 Å². The van der Waals surface area contributed by atoms with Gasteiger partial charge in [-0.2, -0.15) is 0 Å². The first kappa shape index (κ1) is 5.34. The Morgan fingerprint density at radius 1 is 1.75 bits per heavy atom. The summed E-state index contributed by atoms with van der Waals surface area (Å²) in [6, 6.07) is 0. The van der Waals surface area contributed by atoms with Crippen LogP contribution in [0.3, 0.4) is 0 Å². The van der Waals surface area contributed by atoms with Crippen LogP contribution >= 0.6 is 21.1 Å². The molecule has 0 aromatic carbocycles. The molecule has 0 aliphatic rings. The van der Waals surface area contributed by atoms with Crippen molar-refractivity contribution in [1.82, 2.24) is 0 Å².